The van der Waals surface area contributed by atoms with Crippen LogP contribution in [0.2, 0.25) is 0 Å². The summed E-state index contributed by atoms with van der Waals surface area (Å²) in [5.74, 6) is 1.27. The monoisotopic (exact) mass is 600 g/mol. The third-order valence-corrected chi connectivity index (χ3v) is 8.03. The van der Waals surface area contributed by atoms with E-state index < -0.39 is 34.6 Å². The van der Waals surface area contributed by atoms with Crippen molar-refractivity contribution in [1.82, 2.24) is 0 Å². The molecule has 0 bridgehead atoms. The van der Waals surface area contributed by atoms with Crippen LogP contribution in [0.3, 0.4) is 0 Å². The maximum Gasteiger partial charge on any atom is 0.303 e. The van der Waals surface area contributed by atoms with Gasteiger partial charge in [0.05, 0.1) is 46.3 Å². The molecule has 1 heterocycles. The molecular weight excluding hydrogens is 560 g/mol. The van der Waals surface area contributed by atoms with Crippen LogP contribution in [0.5, 0.6) is 34.5 Å². The Morgan fingerprint density at radius 2 is 1.77 bits per heavy atom. The van der Waals surface area contributed by atoms with Crippen LogP contribution in [0.4, 0.5) is 0 Å². The number of benzene rings is 2. The minimum Gasteiger partial charge on any atom is -0.493 e. The summed E-state index contributed by atoms with van der Waals surface area (Å²) in [4.78, 5) is 24.2. The van der Waals surface area contributed by atoms with E-state index >= 15 is 0 Å². The second kappa shape index (κ2) is 14.7. The van der Waals surface area contributed by atoms with Crippen LogP contribution in [0.25, 0.3) is 0 Å². The predicted octanol–water partition coefficient (Wildman–Crippen LogP) is 5.12. The molecule has 1 aliphatic heterocycles. The lowest BCUT2D eigenvalue weighted by Gasteiger charge is -2.36. The molecular formula is C31H40N2O10. The van der Waals surface area contributed by atoms with Gasteiger partial charge in [-0.15, -0.1) is 0 Å². The van der Waals surface area contributed by atoms with Crippen molar-refractivity contribution in [3.63, 3.8) is 0 Å². The molecule has 234 valence electrons. The lowest BCUT2D eigenvalue weighted by atomic mass is 9.67. The molecule has 0 amide bonds. The van der Waals surface area contributed by atoms with Gasteiger partial charge in [-0.3, -0.25) is 14.9 Å². The van der Waals surface area contributed by atoms with Crippen LogP contribution >= 0.6 is 0 Å². The smallest absolute Gasteiger partial charge is 0.303 e. The Morgan fingerprint density at radius 1 is 1.12 bits per heavy atom. The van der Waals surface area contributed by atoms with E-state index in [4.69, 9.17) is 33.2 Å². The predicted molar refractivity (Wildman–Crippen MR) is 156 cm³/mol. The van der Waals surface area contributed by atoms with Crippen molar-refractivity contribution in [1.29, 1.82) is 5.26 Å². The van der Waals surface area contributed by atoms with Crippen LogP contribution in [0.1, 0.15) is 52.0 Å². The number of hydrogen-bond acceptors (Lipinski definition) is 11. The number of carbonyl (C=O) groups is 1. The van der Waals surface area contributed by atoms with Gasteiger partial charge in [-0.25, -0.2) is 0 Å². The number of rotatable bonds is 15. The molecule has 2 aromatic carbocycles. The summed E-state index contributed by atoms with van der Waals surface area (Å²) in [5, 5.41) is 23.2. The van der Waals surface area contributed by atoms with E-state index in [1.165, 1.54) is 35.4 Å². The fourth-order valence-electron chi connectivity index (χ4n) is 5.62. The fraction of sp³-hybridized carbons (Fsp3) is 0.548. The molecule has 0 aliphatic carbocycles. The second-order valence-electron chi connectivity index (χ2n) is 10.4. The topological polar surface area (TPSA) is 149 Å². The van der Waals surface area contributed by atoms with E-state index in [1.54, 1.807) is 30.3 Å². The SMILES string of the molecule is CCC(C)C(C#N)(CCC(OC(C)=O)C(CC1COc2ccccc2O1)[N+](=O)[O-])c1cc(OC)c(OC)c(OC)c1OC. The lowest BCUT2D eigenvalue weighted by molar-refractivity contribution is -0.536. The number of nitrogens with zero attached hydrogens (tertiary/aromatic N) is 2. The Labute approximate surface area is 251 Å². The zero-order valence-corrected chi connectivity index (χ0v) is 25.7. The van der Waals surface area contributed by atoms with Crippen molar-refractivity contribution in [3.05, 3.63) is 46.0 Å². The summed E-state index contributed by atoms with van der Waals surface area (Å²) in [5.41, 5.74) is -0.767. The molecule has 43 heavy (non-hydrogen) atoms. The van der Waals surface area contributed by atoms with Gasteiger partial charge in [0.15, 0.2) is 29.1 Å². The number of esters is 1. The van der Waals surface area contributed by atoms with Gasteiger partial charge in [-0.05, 0) is 37.0 Å². The number of para-hydroxylation sites is 2. The molecule has 0 aromatic heterocycles. The molecule has 5 unspecified atom stereocenters. The Morgan fingerprint density at radius 3 is 2.30 bits per heavy atom. The number of fused-ring (bicyclic) bond motifs is 1. The zero-order chi connectivity index (χ0) is 31.7. The van der Waals surface area contributed by atoms with E-state index in [2.05, 4.69) is 6.07 Å². The van der Waals surface area contributed by atoms with Crippen LogP contribution in [-0.4, -0.2) is 64.2 Å². The minimum atomic E-state index is -1.32. The van der Waals surface area contributed by atoms with E-state index in [-0.39, 0.29) is 43.3 Å². The van der Waals surface area contributed by atoms with Crippen molar-refractivity contribution in [2.45, 2.75) is 70.1 Å². The third-order valence-electron chi connectivity index (χ3n) is 8.03. The van der Waals surface area contributed by atoms with E-state index in [0.717, 1.165) is 0 Å². The summed E-state index contributed by atoms with van der Waals surface area (Å²) in [6, 6.07) is 9.90. The molecule has 0 N–H and O–H groups in total. The van der Waals surface area contributed by atoms with Gasteiger partial charge in [-0.2, -0.15) is 5.26 Å². The Hall–Kier alpha value is -4.40. The molecule has 12 heteroatoms. The number of nitriles is 1. The van der Waals surface area contributed by atoms with Gasteiger partial charge in [0.25, 0.3) is 6.04 Å². The molecule has 12 nitrogen and oxygen atoms in total. The summed E-state index contributed by atoms with van der Waals surface area (Å²) in [6.07, 6.45) is -1.17. The van der Waals surface area contributed by atoms with Crippen LogP contribution in [-0.2, 0) is 14.9 Å². The Bertz CT molecular complexity index is 1330. The number of ether oxygens (including phenoxy) is 7. The van der Waals surface area contributed by atoms with Crippen molar-refractivity contribution < 1.29 is 42.9 Å². The lowest BCUT2D eigenvalue weighted by Crippen LogP contribution is -2.44. The second-order valence-corrected chi connectivity index (χ2v) is 10.4. The first kappa shape index (κ1) is 33.1. The molecule has 0 fully saturated rings. The molecule has 0 saturated carbocycles. The van der Waals surface area contributed by atoms with Gasteiger partial charge in [0.1, 0.15) is 12.7 Å². The summed E-state index contributed by atoms with van der Waals surface area (Å²) < 4.78 is 39.8. The molecule has 0 saturated heterocycles. The molecule has 2 aromatic rings. The maximum absolute atomic E-state index is 12.4. The highest BCUT2D eigenvalue weighted by Gasteiger charge is 2.45. The van der Waals surface area contributed by atoms with E-state index in [9.17, 15) is 20.2 Å². The number of carbonyl (C=O) groups excluding carboxylic acids is 1. The summed E-state index contributed by atoms with van der Waals surface area (Å²) >= 11 is 0. The zero-order valence-electron chi connectivity index (χ0n) is 25.7. The van der Waals surface area contributed by atoms with Crippen molar-refractivity contribution in [3.8, 4) is 40.6 Å². The van der Waals surface area contributed by atoms with Crippen molar-refractivity contribution in [2.24, 2.45) is 5.92 Å². The Balaban J connectivity index is 2.03. The largest absolute Gasteiger partial charge is 0.493 e. The quantitative estimate of drug-likeness (QED) is 0.152. The van der Waals surface area contributed by atoms with Gasteiger partial charge in [0.2, 0.25) is 11.5 Å². The van der Waals surface area contributed by atoms with E-state index in [0.29, 0.717) is 35.0 Å². The van der Waals surface area contributed by atoms with Gasteiger partial charge in [0, 0.05) is 17.4 Å². The first-order valence-electron chi connectivity index (χ1n) is 14.1. The summed E-state index contributed by atoms with van der Waals surface area (Å²) in [7, 11) is 5.85. The van der Waals surface area contributed by atoms with Crippen LogP contribution in [0.15, 0.2) is 30.3 Å². The molecule has 3 rings (SSSR count). The highest BCUT2D eigenvalue weighted by molar-refractivity contribution is 5.66. The standard InChI is InChI=1S/C31H40N2O10/c1-8-19(2)31(18-32,22-16-27(37-4)29(39-6)30(40-7)28(22)38-5)14-13-24(42-20(3)34)23(33(35)36)15-21-17-41-25-11-9-10-12-26(25)43-21/h9-12,16,19,21,23-24H,8,13-15,17H2,1-7H3. The first-order chi connectivity index (χ1) is 20.6. The van der Waals surface area contributed by atoms with Crippen molar-refractivity contribution in [2.75, 3.05) is 35.0 Å². The first-order valence-corrected chi connectivity index (χ1v) is 14.1. The fourth-order valence-corrected chi connectivity index (χ4v) is 5.62. The van der Waals surface area contributed by atoms with Gasteiger partial charge in [-0.1, -0.05) is 32.4 Å². The summed E-state index contributed by atoms with van der Waals surface area (Å²) in [6.45, 7) is 5.17. The number of nitro groups is 1. The maximum atomic E-state index is 12.4. The molecule has 5 atom stereocenters. The molecule has 1 aliphatic rings. The van der Waals surface area contributed by atoms with E-state index in [1.807, 2.05) is 13.8 Å². The highest BCUT2D eigenvalue weighted by Crippen LogP contribution is 2.53. The average molecular weight is 601 g/mol. The van der Waals surface area contributed by atoms with Crippen molar-refractivity contribution >= 4 is 5.97 Å². The third kappa shape index (κ3) is 6.98. The van der Waals surface area contributed by atoms with Gasteiger partial charge >= 0.3 is 5.97 Å². The molecule has 0 spiro atoms. The Kier molecular flexibility index (Phi) is 11.3. The number of methoxy groups -OCH3 is 4. The number of hydrogen-bond donors (Lipinski definition) is 0. The average Bonchev–Trinajstić information content (AvgIpc) is 3.01. The van der Waals surface area contributed by atoms with Crippen LogP contribution < -0.4 is 28.4 Å². The minimum absolute atomic E-state index is 0.00705. The van der Waals surface area contributed by atoms with Crippen LogP contribution in [0, 0.1) is 27.4 Å². The normalized spacial score (nSPS) is 17.3. The molecule has 0 radical (unpaired) electrons. The highest BCUT2D eigenvalue weighted by atomic mass is 16.6. The van der Waals surface area contributed by atoms with Gasteiger partial charge < -0.3 is 33.2 Å².